The SMILES string of the molecule is O=c1[nH]cc(-c2cc(NCC(F)(F)F)c3nccn3n2)c(=O)[nH]1. The van der Waals surface area contributed by atoms with Crippen LogP contribution >= 0.6 is 0 Å². The Balaban J connectivity index is 2.11. The molecule has 0 aromatic carbocycles. The molecule has 3 aromatic heterocycles. The van der Waals surface area contributed by atoms with E-state index in [4.69, 9.17) is 0 Å². The molecule has 11 heteroatoms. The average molecular weight is 326 g/mol. The van der Waals surface area contributed by atoms with Crippen molar-refractivity contribution in [3.63, 3.8) is 0 Å². The fourth-order valence-electron chi connectivity index (χ4n) is 1.97. The first-order valence-electron chi connectivity index (χ1n) is 6.31. The van der Waals surface area contributed by atoms with Gasteiger partial charge in [0.1, 0.15) is 12.2 Å². The Bertz CT molecular complexity index is 971. The Kier molecular flexibility index (Phi) is 3.39. The number of hydrogen-bond acceptors (Lipinski definition) is 5. The van der Waals surface area contributed by atoms with Crippen LogP contribution < -0.4 is 16.6 Å². The fourth-order valence-corrected chi connectivity index (χ4v) is 1.97. The van der Waals surface area contributed by atoms with E-state index in [9.17, 15) is 22.8 Å². The van der Waals surface area contributed by atoms with Crippen LogP contribution in [0.3, 0.4) is 0 Å². The van der Waals surface area contributed by atoms with Gasteiger partial charge in [-0.3, -0.25) is 9.78 Å². The summed E-state index contributed by atoms with van der Waals surface area (Å²) in [6.45, 7) is -1.26. The van der Waals surface area contributed by atoms with Crippen LogP contribution in [0.5, 0.6) is 0 Å². The first-order valence-corrected chi connectivity index (χ1v) is 6.31. The minimum Gasteiger partial charge on any atom is -0.373 e. The van der Waals surface area contributed by atoms with Crippen LogP contribution in [-0.4, -0.2) is 37.3 Å². The first-order chi connectivity index (χ1) is 10.8. The van der Waals surface area contributed by atoms with E-state index in [0.29, 0.717) is 0 Å². The van der Waals surface area contributed by atoms with Gasteiger partial charge in [0.25, 0.3) is 5.56 Å². The van der Waals surface area contributed by atoms with Crippen LogP contribution in [0.1, 0.15) is 0 Å². The maximum Gasteiger partial charge on any atom is 0.405 e. The summed E-state index contributed by atoms with van der Waals surface area (Å²) in [6.07, 6.45) is -0.484. The number of halogens is 3. The number of alkyl halides is 3. The van der Waals surface area contributed by atoms with Crippen molar-refractivity contribution in [3.05, 3.63) is 45.5 Å². The highest BCUT2D eigenvalue weighted by Gasteiger charge is 2.27. The quantitative estimate of drug-likeness (QED) is 0.658. The molecule has 3 N–H and O–H groups in total. The topological polar surface area (TPSA) is 108 Å². The van der Waals surface area contributed by atoms with Crippen LogP contribution in [0, 0.1) is 0 Å². The van der Waals surface area contributed by atoms with Gasteiger partial charge in [-0.05, 0) is 6.07 Å². The molecule has 120 valence electrons. The number of H-pyrrole nitrogens is 2. The number of fused-ring (bicyclic) bond motifs is 1. The number of aromatic nitrogens is 5. The van der Waals surface area contributed by atoms with E-state index in [-0.39, 0.29) is 22.6 Å². The molecule has 0 bridgehead atoms. The molecule has 0 fully saturated rings. The standard InChI is InChI=1S/C12H9F3N6O2/c13-12(14,15)5-18-8-3-7(20-21-2-1-16-9(8)21)6-4-17-11(23)19-10(6)22/h1-4,18H,5H2,(H2,17,19,22,23). The number of rotatable bonds is 3. The molecule has 23 heavy (non-hydrogen) atoms. The molecule has 0 saturated carbocycles. The van der Waals surface area contributed by atoms with Crippen LogP contribution in [0.25, 0.3) is 16.9 Å². The van der Waals surface area contributed by atoms with Gasteiger partial charge in [0.05, 0.1) is 11.3 Å². The second kappa shape index (κ2) is 5.26. The van der Waals surface area contributed by atoms with E-state index in [1.807, 2.05) is 4.98 Å². The van der Waals surface area contributed by atoms with Crippen molar-refractivity contribution in [3.8, 4) is 11.3 Å². The maximum absolute atomic E-state index is 12.4. The van der Waals surface area contributed by atoms with Gasteiger partial charge < -0.3 is 10.3 Å². The van der Waals surface area contributed by atoms with Gasteiger partial charge in [-0.25, -0.2) is 14.3 Å². The fraction of sp³-hybridized carbons (Fsp3) is 0.167. The van der Waals surface area contributed by atoms with Crippen LogP contribution in [0.15, 0.2) is 34.2 Å². The monoisotopic (exact) mass is 326 g/mol. The zero-order valence-corrected chi connectivity index (χ0v) is 11.3. The highest BCUT2D eigenvalue weighted by molar-refractivity contribution is 5.73. The third-order valence-corrected chi connectivity index (χ3v) is 2.93. The zero-order valence-electron chi connectivity index (χ0n) is 11.3. The molecule has 3 rings (SSSR count). The summed E-state index contributed by atoms with van der Waals surface area (Å²) in [5.41, 5.74) is -1.07. The molecular weight excluding hydrogens is 317 g/mol. The molecule has 0 amide bonds. The van der Waals surface area contributed by atoms with Gasteiger partial charge >= 0.3 is 11.9 Å². The average Bonchev–Trinajstić information content (AvgIpc) is 2.92. The lowest BCUT2D eigenvalue weighted by Gasteiger charge is -2.11. The van der Waals surface area contributed by atoms with E-state index in [1.54, 1.807) is 0 Å². The minimum atomic E-state index is -4.41. The predicted octanol–water partition coefficient (Wildman–Crippen LogP) is 0.747. The van der Waals surface area contributed by atoms with Crippen LogP contribution in [-0.2, 0) is 0 Å². The summed E-state index contributed by atoms with van der Waals surface area (Å²) in [4.78, 5) is 31.1. The second-order valence-electron chi connectivity index (χ2n) is 4.59. The lowest BCUT2D eigenvalue weighted by molar-refractivity contribution is -0.115. The van der Waals surface area contributed by atoms with E-state index in [2.05, 4.69) is 20.4 Å². The molecule has 0 radical (unpaired) electrons. The third-order valence-electron chi connectivity index (χ3n) is 2.93. The molecule has 3 aromatic rings. The van der Waals surface area contributed by atoms with Crippen molar-refractivity contribution in [1.29, 1.82) is 0 Å². The first kappa shape index (κ1) is 14.8. The van der Waals surface area contributed by atoms with Crippen molar-refractivity contribution in [2.45, 2.75) is 6.18 Å². The summed E-state index contributed by atoms with van der Waals surface area (Å²) in [7, 11) is 0. The number of aromatic amines is 2. The van der Waals surface area contributed by atoms with Crippen LogP contribution in [0.4, 0.5) is 18.9 Å². The second-order valence-corrected chi connectivity index (χ2v) is 4.59. The molecule has 8 nitrogen and oxygen atoms in total. The maximum atomic E-state index is 12.4. The molecule has 0 aliphatic rings. The molecule has 0 spiro atoms. The van der Waals surface area contributed by atoms with E-state index in [1.165, 1.54) is 23.0 Å². The summed E-state index contributed by atoms with van der Waals surface area (Å²) in [5.74, 6) is 0. The van der Waals surface area contributed by atoms with Crippen molar-refractivity contribution < 1.29 is 13.2 Å². The Morgan fingerprint density at radius 3 is 2.78 bits per heavy atom. The van der Waals surface area contributed by atoms with E-state index >= 15 is 0 Å². The van der Waals surface area contributed by atoms with E-state index < -0.39 is 24.0 Å². The highest BCUT2D eigenvalue weighted by atomic mass is 19.4. The summed E-state index contributed by atoms with van der Waals surface area (Å²) in [6, 6.07) is 1.26. The smallest absolute Gasteiger partial charge is 0.373 e. The molecule has 0 aliphatic heterocycles. The Morgan fingerprint density at radius 2 is 2.09 bits per heavy atom. The highest BCUT2D eigenvalue weighted by Crippen LogP contribution is 2.23. The lowest BCUT2D eigenvalue weighted by atomic mass is 10.2. The Labute approximate surface area is 125 Å². The van der Waals surface area contributed by atoms with Gasteiger partial charge in [0.15, 0.2) is 5.65 Å². The molecule has 0 saturated heterocycles. The van der Waals surface area contributed by atoms with Crippen LogP contribution in [0.2, 0.25) is 0 Å². The van der Waals surface area contributed by atoms with Gasteiger partial charge in [-0.1, -0.05) is 0 Å². The molecule has 3 heterocycles. The van der Waals surface area contributed by atoms with Crippen molar-refractivity contribution >= 4 is 11.3 Å². The number of imidazole rings is 1. The zero-order chi connectivity index (χ0) is 16.6. The van der Waals surface area contributed by atoms with Gasteiger partial charge in [-0.15, -0.1) is 0 Å². The molecular formula is C12H9F3N6O2. The Morgan fingerprint density at radius 1 is 1.30 bits per heavy atom. The van der Waals surface area contributed by atoms with Crippen molar-refractivity contribution in [2.24, 2.45) is 0 Å². The third kappa shape index (κ3) is 3.07. The number of hydrogen-bond donors (Lipinski definition) is 3. The summed E-state index contributed by atoms with van der Waals surface area (Å²) >= 11 is 0. The summed E-state index contributed by atoms with van der Waals surface area (Å²) in [5, 5.41) is 6.31. The number of nitrogens with zero attached hydrogens (tertiary/aromatic N) is 3. The van der Waals surface area contributed by atoms with Crippen molar-refractivity contribution in [2.75, 3.05) is 11.9 Å². The van der Waals surface area contributed by atoms with Gasteiger partial charge in [0, 0.05) is 18.6 Å². The normalized spacial score (nSPS) is 11.8. The lowest BCUT2D eigenvalue weighted by Crippen LogP contribution is -2.24. The number of nitrogens with one attached hydrogen (secondary N) is 3. The molecule has 0 unspecified atom stereocenters. The predicted molar refractivity (Wildman–Crippen MR) is 74.2 cm³/mol. The van der Waals surface area contributed by atoms with Crippen molar-refractivity contribution in [1.82, 2.24) is 24.6 Å². The summed E-state index contributed by atoms with van der Waals surface area (Å²) < 4.78 is 38.4. The minimum absolute atomic E-state index is 0.00950. The molecule has 0 atom stereocenters. The van der Waals surface area contributed by atoms with E-state index in [0.717, 1.165) is 6.20 Å². The van der Waals surface area contributed by atoms with Gasteiger partial charge in [-0.2, -0.15) is 18.3 Å². The largest absolute Gasteiger partial charge is 0.405 e. The molecule has 0 aliphatic carbocycles. The number of anilines is 1. The van der Waals surface area contributed by atoms with Gasteiger partial charge in [0.2, 0.25) is 0 Å². The Hall–Kier alpha value is -3.11.